The number of unbranched alkanes of at least 4 members (excludes halogenated alkanes) is 1. The lowest BCUT2D eigenvalue weighted by atomic mass is 10.0. The molecule has 0 saturated carbocycles. The van der Waals surface area contributed by atoms with E-state index in [0.29, 0.717) is 6.04 Å². The summed E-state index contributed by atoms with van der Waals surface area (Å²) in [7, 11) is 0. The zero-order chi connectivity index (χ0) is 15.2. The quantitative estimate of drug-likeness (QED) is 0.806. The summed E-state index contributed by atoms with van der Waals surface area (Å²) in [6.45, 7) is 7.83. The van der Waals surface area contributed by atoms with Crippen molar-refractivity contribution < 1.29 is 4.39 Å². The van der Waals surface area contributed by atoms with Crippen molar-refractivity contribution in [3.63, 3.8) is 0 Å². The van der Waals surface area contributed by atoms with E-state index >= 15 is 0 Å². The van der Waals surface area contributed by atoms with Crippen molar-refractivity contribution in [1.29, 1.82) is 0 Å². The van der Waals surface area contributed by atoms with Crippen LogP contribution in [0.25, 0.3) is 0 Å². The summed E-state index contributed by atoms with van der Waals surface area (Å²) in [6.07, 6.45) is 4.87. The first-order chi connectivity index (χ1) is 10.1. The summed E-state index contributed by atoms with van der Waals surface area (Å²) >= 11 is 3.31. The van der Waals surface area contributed by atoms with Crippen molar-refractivity contribution >= 4 is 15.9 Å². The Morgan fingerprint density at radius 2 is 2.10 bits per heavy atom. The van der Waals surface area contributed by atoms with E-state index in [1.807, 2.05) is 12.1 Å². The lowest BCUT2D eigenvalue weighted by Crippen LogP contribution is -2.43. The summed E-state index contributed by atoms with van der Waals surface area (Å²) < 4.78 is 14.8. The van der Waals surface area contributed by atoms with E-state index in [1.165, 1.54) is 19.4 Å². The number of hydrogen-bond acceptors (Lipinski definition) is 2. The highest BCUT2D eigenvalue weighted by Gasteiger charge is 2.21. The van der Waals surface area contributed by atoms with Crippen LogP contribution >= 0.6 is 15.9 Å². The van der Waals surface area contributed by atoms with E-state index in [0.717, 1.165) is 36.0 Å². The number of rotatable bonds is 6. The van der Waals surface area contributed by atoms with Crippen LogP contribution in [0.2, 0.25) is 0 Å². The van der Waals surface area contributed by atoms with Crippen LogP contribution in [0.3, 0.4) is 0 Å². The molecule has 1 aliphatic rings. The maximum Gasteiger partial charge on any atom is 0.129 e. The zero-order valence-electron chi connectivity index (χ0n) is 13.0. The van der Waals surface area contributed by atoms with Gasteiger partial charge in [-0.15, -0.1) is 0 Å². The van der Waals surface area contributed by atoms with E-state index in [9.17, 15) is 4.39 Å². The highest BCUT2D eigenvalue weighted by molar-refractivity contribution is 9.10. The Bertz CT molecular complexity index is 444. The van der Waals surface area contributed by atoms with Gasteiger partial charge in [-0.1, -0.05) is 35.3 Å². The number of nitrogens with one attached hydrogen (secondary N) is 1. The minimum absolute atomic E-state index is 0.0605. The second-order valence-corrected chi connectivity index (χ2v) is 6.94. The Morgan fingerprint density at radius 1 is 1.38 bits per heavy atom. The average molecular weight is 357 g/mol. The second kappa shape index (κ2) is 8.25. The molecule has 118 valence electrons. The van der Waals surface area contributed by atoms with Crippen molar-refractivity contribution in [3.05, 3.63) is 34.1 Å². The minimum Gasteiger partial charge on any atom is -0.307 e. The molecule has 1 saturated heterocycles. The third-order valence-electron chi connectivity index (χ3n) is 4.33. The van der Waals surface area contributed by atoms with Crippen LogP contribution in [-0.4, -0.2) is 30.6 Å². The summed E-state index contributed by atoms with van der Waals surface area (Å²) in [4.78, 5) is 2.55. The summed E-state index contributed by atoms with van der Waals surface area (Å²) in [6, 6.07) is 5.88. The Labute approximate surface area is 136 Å². The number of nitrogens with zero attached hydrogens (tertiary/aromatic N) is 1. The third-order valence-corrected chi connectivity index (χ3v) is 4.82. The lowest BCUT2D eigenvalue weighted by Gasteiger charge is -2.34. The molecular formula is C17H26BrFN2. The Hall–Kier alpha value is -0.450. The molecule has 1 unspecified atom stereocenters. The van der Waals surface area contributed by atoms with Gasteiger partial charge in [0, 0.05) is 22.1 Å². The molecule has 2 nitrogen and oxygen atoms in total. The van der Waals surface area contributed by atoms with Gasteiger partial charge in [-0.05, 0) is 58.0 Å². The van der Waals surface area contributed by atoms with E-state index in [-0.39, 0.29) is 11.9 Å². The zero-order valence-corrected chi connectivity index (χ0v) is 14.6. The molecule has 0 radical (unpaired) electrons. The van der Waals surface area contributed by atoms with Gasteiger partial charge in [-0.3, -0.25) is 0 Å². The van der Waals surface area contributed by atoms with E-state index in [4.69, 9.17) is 0 Å². The first-order valence-corrected chi connectivity index (χ1v) is 8.82. The largest absolute Gasteiger partial charge is 0.307 e. The van der Waals surface area contributed by atoms with Gasteiger partial charge >= 0.3 is 0 Å². The molecule has 2 rings (SSSR count). The lowest BCUT2D eigenvalue weighted by molar-refractivity contribution is 0.189. The maximum atomic E-state index is 14.0. The molecule has 1 aromatic rings. The number of hydrogen-bond donors (Lipinski definition) is 1. The number of piperidine rings is 1. The topological polar surface area (TPSA) is 15.3 Å². The van der Waals surface area contributed by atoms with Crippen LogP contribution in [0, 0.1) is 5.82 Å². The molecule has 1 aromatic carbocycles. The molecule has 0 aliphatic carbocycles. The van der Waals surface area contributed by atoms with E-state index < -0.39 is 0 Å². The monoisotopic (exact) mass is 356 g/mol. The van der Waals surface area contributed by atoms with Gasteiger partial charge in [-0.2, -0.15) is 0 Å². The molecule has 4 heteroatoms. The highest BCUT2D eigenvalue weighted by Crippen LogP contribution is 2.22. The molecule has 0 bridgehead atoms. The number of halogens is 2. The summed E-state index contributed by atoms with van der Waals surface area (Å²) in [5.41, 5.74) is 0.756. The Balaban J connectivity index is 1.82. The van der Waals surface area contributed by atoms with Gasteiger partial charge in [0.15, 0.2) is 0 Å². The number of benzene rings is 1. The first-order valence-electron chi connectivity index (χ1n) is 8.03. The van der Waals surface area contributed by atoms with Crippen LogP contribution < -0.4 is 5.32 Å². The van der Waals surface area contributed by atoms with Gasteiger partial charge in [0.05, 0.1) is 0 Å². The standard InChI is InChI=1S/C17H26BrFN2/c1-3-4-9-21-10-7-15(8-11-21)20-13(2)16-6-5-14(18)12-17(16)19/h5-6,12-13,15,20H,3-4,7-11H2,1-2H3. The van der Waals surface area contributed by atoms with Gasteiger partial charge in [-0.25, -0.2) is 4.39 Å². The number of likely N-dealkylation sites (tertiary alicyclic amines) is 1. The van der Waals surface area contributed by atoms with Gasteiger partial charge in [0.25, 0.3) is 0 Å². The van der Waals surface area contributed by atoms with Crippen molar-refractivity contribution in [2.24, 2.45) is 0 Å². The van der Waals surface area contributed by atoms with Crippen LogP contribution in [0.1, 0.15) is 51.1 Å². The fourth-order valence-electron chi connectivity index (χ4n) is 3.00. The normalized spacial score (nSPS) is 18.9. The first kappa shape index (κ1) is 16.9. The molecule has 1 fully saturated rings. The van der Waals surface area contributed by atoms with Crippen LogP contribution in [0.5, 0.6) is 0 Å². The summed E-state index contributed by atoms with van der Waals surface area (Å²) in [5.74, 6) is -0.134. The van der Waals surface area contributed by atoms with Gasteiger partial charge in [0.1, 0.15) is 5.82 Å². The molecule has 1 N–H and O–H groups in total. The van der Waals surface area contributed by atoms with Crippen molar-refractivity contribution in [1.82, 2.24) is 10.2 Å². The van der Waals surface area contributed by atoms with Crippen LogP contribution in [-0.2, 0) is 0 Å². The predicted octanol–water partition coefficient (Wildman–Crippen LogP) is 4.50. The van der Waals surface area contributed by atoms with Crippen LogP contribution in [0.4, 0.5) is 4.39 Å². The van der Waals surface area contributed by atoms with E-state index in [1.54, 1.807) is 6.07 Å². The average Bonchev–Trinajstić information content (AvgIpc) is 2.46. The fraction of sp³-hybridized carbons (Fsp3) is 0.647. The molecule has 0 amide bonds. The Kier molecular flexibility index (Phi) is 6.65. The molecule has 21 heavy (non-hydrogen) atoms. The van der Waals surface area contributed by atoms with Crippen molar-refractivity contribution in [3.8, 4) is 0 Å². The Morgan fingerprint density at radius 3 is 2.71 bits per heavy atom. The van der Waals surface area contributed by atoms with Crippen molar-refractivity contribution in [2.45, 2.75) is 51.6 Å². The van der Waals surface area contributed by atoms with Gasteiger partial charge in [0.2, 0.25) is 0 Å². The van der Waals surface area contributed by atoms with E-state index in [2.05, 4.69) is 40.0 Å². The minimum atomic E-state index is -0.134. The SMILES string of the molecule is CCCCN1CCC(NC(C)c2ccc(Br)cc2F)CC1. The summed E-state index contributed by atoms with van der Waals surface area (Å²) in [5, 5.41) is 3.59. The molecule has 0 spiro atoms. The fourth-order valence-corrected chi connectivity index (χ4v) is 3.33. The molecule has 1 aliphatic heterocycles. The maximum absolute atomic E-state index is 14.0. The predicted molar refractivity (Wildman–Crippen MR) is 90.0 cm³/mol. The molecule has 1 atom stereocenters. The van der Waals surface area contributed by atoms with Gasteiger partial charge < -0.3 is 10.2 Å². The highest BCUT2D eigenvalue weighted by atomic mass is 79.9. The van der Waals surface area contributed by atoms with Crippen LogP contribution in [0.15, 0.2) is 22.7 Å². The second-order valence-electron chi connectivity index (χ2n) is 6.02. The molecular weight excluding hydrogens is 331 g/mol. The third kappa shape index (κ3) is 5.04. The molecule has 1 heterocycles. The smallest absolute Gasteiger partial charge is 0.129 e. The van der Waals surface area contributed by atoms with Crippen molar-refractivity contribution in [2.75, 3.05) is 19.6 Å². The molecule has 0 aromatic heterocycles.